The molecule has 18 heavy (non-hydrogen) atoms. The summed E-state index contributed by atoms with van der Waals surface area (Å²) < 4.78 is 4.96. The predicted octanol–water partition coefficient (Wildman–Crippen LogP) is 3.79. The molecule has 3 nitrogen and oxygen atoms in total. The molecule has 1 unspecified atom stereocenters. The van der Waals surface area contributed by atoms with Gasteiger partial charge >= 0.3 is 5.97 Å². The van der Waals surface area contributed by atoms with E-state index in [1.165, 1.54) is 38.5 Å². The average Bonchev–Trinajstić information content (AvgIpc) is 2.79. The molecule has 0 aromatic heterocycles. The van der Waals surface area contributed by atoms with Crippen molar-refractivity contribution < 1.29 is 14.3 Å². The molecule has 0 spiro atoms. The molecule has 3 heteroatoms. The molecule has 1 aliphatic heterocycles. The Morgan fingerprint density at radius 3 is 2.28 bits per heavy atom. The molecule has 1 atom stereocenters. The Balaban J connectivity index is 1.91. The highest BCUT2D eigenvalue weighted by molar-refractivity contribution is 5.87. The third kappa shape index (κ3) is 6.18. The molecule has 0 aromatic rings. The number of cyclic esters (lactones) is 1. The lowest BCUT2D eigenvalue weighted by atomic mass is 10.0. The van der Waals surface area contributed by atoms with E-state index < -0.39 is 6.10 Å². The molecule has 1 rings (SSSR count). The number of rotatable bonds is 10. The molecule has 1 fully saturated rings. The Morgan fingerprint density at radius 1 is 1.11 bits per heavy atom. The summed E-state index contributed by atoms with van der Waals surface area (Å²) >= 11 is 0. The van der Waals surface area contributed by atoms with Crippen LogP contribution in [-0.2, 0) is 14.3 Å². The van der Waals surface area contributed by atoms with Gasteiger partial charge < -0.3 is 4.74 Å². The molecule has 1 heterocycles. The van der Waals surface area contributed by atoms with Gasteiger partial charge in [0, 0.05) is 19.3 Å². The zero-order valence-corrected chi connectivity index (χ0v) is 11.6. The molecule has 1 saturated heterocycles. The highest BCUT2D eigenvalue weighted by Crippen LogP contribution is 2.17. The van der Waals surface area contributed by atoms with Crippen molar-refractivity contribution in [3.05, 3.63) is 0 Å². The lowest BCUT2D eigenvalue weighted by Crippen LogP contribution is -2.19. The summed E-state index contributed by atoms with van der Waals surface area (Å²) in [7, 11) is 0. The third-order valence-electron chi connectivity index (χ3n) is 3.52. The summed E-state index contributed by atoms with van der Waals surface area (Å²) in [6, 6.07) is 0. The van der Waals surface area contributed by atoms with Crippen molar-refractivity contribution in [1.82, 2.24) is 0 Å². The molecular weight excluding hydrogens is 228 g/mol. The van der Waals surface area contributed by atoms with E-state index in [2.05, 4.69) is 6.92 Å². The normalized spacial score (nSPS) is 18.9. The van der Waals surface area contributed by atoms with Gasteiger partial charge in [-0.25, -0.2) is 0 Å². The summed E-state index contributed by atoms with van der Waals surface area (Å²) in [5, 5.41) is 0. The maximum atomic E-state index is 11.7. The minimum atomic E-state index is -0.429. The van der Waals surface area contributed by atoms with Crippen LogP contribution in [-0.4, -0.2) is 17.9 Å². The number of Topliss-reactive ketones (excluding diaryl/α,β-unsaturated/α-hetero) is 1. The minimum Gasteiger partial charge on any atom is -0.454 e. The summed E-state index contributed by atoms with van der Waals surface area (Å²) in [6.07, 6.45) is 11.0. The van der Waals surface area contributed by atoms with Crippen LogP contribution in [0.4, 0.5) is 0 Å². The summed E-state index contributed by atoms with van der Waals surface area (Å²) in [6.45, 7) is 2.22. The van der Waals surface area contributed by atoms with E-state index in [4.69, 9.17) is 4.74 Å². The van der Waals surface area contributed by atoms with Gasteiger partial charge in [-0.1, -0.05) is 51.9 Å². The molecule has 0 saturated carbocycles. The minimum absolute atomic E-state index is 0.117. The summed E-state index contributed by atoms with van der Waals surface area (Å²) in [4.78, 5) is 22.6. The largest absolute Gasteiger partial charge is 0.454 e. The van der Waals surface area contributed by atoms with Gasteiger partial charge in [-0.2, -0.15) is 0 Å². The van der Waals surface area contributed by atoms with Gasteiger partial charge in [-0.3, -0.25) is 9.59 Å². The van der Waals surface area contributed by atoms with Crippen LogP contribution in [0, 0.1) is 0 Å². The van der Waals surface area contributed by atoms with Crippen LogP contribution in [0.1, 0.15) is 77.6 Å². The second kappa shape index (κ2) is 9.12. The topological polar surface area (TPSA) is 43.4 Å². The predicted molar refractivity (Wildman–Crippen MR) is 71.3 cm³/mol. The van der Waals surface area contributed by atoms with E-state index in [0.29, 0.717) is 19.3 Å². The monoisotopic (exact) mass is 254 g/mol. The fourth-order valence-electron chi connectivity index (χ4n) is 2.35. The molecule has 0 N–H and O–H groups in total. The smallest absolute Gasteiger partial charge is 0.306 e. The molecule has 0 aliphatic carbocycles. The first-order valence-electron chi connectivity index (χ1n) is 7.46. The van der Waals surface area contributed by atoms with Gasteiger partial charge in [0.15, 0.2) is 11.9 Å². The number of ether oxygens (including phenoxy) is 1. The van der Waals surface area contributed by atoms with Gasteiger partial charge in [0.05, 0.1) is 0 Å². The standard InChI is InChI=1S/C15H26O3/c1-2-3-4-5-6-7-8-9-10-13(16)14-11-12-15(17)18-14/h14H,2-12H2,1H3. The number of esters is 1. The Labute approximate surface area is 110 Å². The van der Waals surface area contributed by atoms with Gasteiger partial charge in [0.25, 0.3) is 0 Å². The number of hydrogen-bond donors (Lipinski definition) is 0. The molecule has 0 bridgehead atoms. The van der Waals surface area contributed by atoms with Crippen LogP contribution in [0.25, 0.3) is 0 Å². The molecule has 1 aliphatic rings. The van der Waals surface area contributed by atoms with Crippen LogP contribution in [0.5, 0.6) is 0 Å². The van der Waals surface area contributed by atoms with Gasteiger partial charge in [0.2, 0.25) is 0 Å². The van der Waals surface area contributed by atoms with Crippen LogP contribution in [0.2, 0.25) is 0 Å². The van der Waals surface area contributed by atoms with Crippen molar-refractivity contribution in [1.29, 1.82) is 0 Å². The van der Waals surface area contributed by atoms with Gasteiger partial charge in [-0.15, -0.1) is 0 Å². The van der Waals surface area contributed by atoms with Crippen molar-refractivity contribution in [3.63, 3.8) is 0 Å². The van der Waals surface area contributed by atoms with Crippen molar-refractivity contribution in [3.8, 4) is 0 Å². The van der Waals surface area contributed by atoms with E-state index in [1.54, 1.807) is 0 Å². The SMILES string of the molecule is CCCCCCCCCCC(=O)C1CCC(=O)O1. The fraction of sp³-hybridized carbons (Fsp3) is 0.867. The van der Waals surface area contributed by atoms with Crippen LogP contribution >= 0.6 is 0 Å². The summed E-state index contributed by atoms with van der Waals surface area (Å²) in [5.74, 6) is -0.101. The number of carbonyl (C=O) groups is 2. The molecule has 104 valence electrons. The second-order valence-electron chi connectivity index (χ2n) is 5.21. The molecule has 0 amide bonds. The van der Waals surface area contributed by atoms with Crippen molar-refractivity contribution in [2.75, 3.05) is 0 Å². The lowest BCUT2D eigenvalue weighted by Gasteiger charge is -2.07. The van der Waals surface area contributed by atoms with Crippen molar-refractivity contribution >= 4 is 11.8 Å². The number of unbranched alkanes of at least 4 members (excludes halogenated alkanes) is 7. The van der Waals surface area contributed by atoms with Gasteiger partial charge in [-0.05, 0) is 6.42 Å². The zero-order valence-electron chi connectivity index (χ0n) is 11.6. The number of ketones is 1. The lowest BCUT2D eigenvalue weighted by molar-refractivity contribution is -0.147. The first-order chi connectivity index (χ1) is 8.74. The Morgan fingerprint density at radius 2 is 1.72 bits per heavy atom. The highest BCUT2D eigenvalue weighted by atomic mass is 16.6. The fourth-order valence-corrected chi connectivity index (χ4v) is 2.35. The maximum absolute atomic E-state index is 11.7. The van der Waals surface area contributed by atoms with E-state index in [-0.39, 0.29) is 11.8 Å². The zero-order chi connectivity index (χ0) is 13.2. The quantitative estimate of drug-likeness (QED) is 0.440. The first kappa shape index (κ1) is 15.2. The van der Waals surface area contributed by atoms with Crippen LogP contribution in [0.3, 0.4) is 0 Å². The van der Waals surface area contributed by atoms with Crippen LogP contribution in [0.15, 0.2) is 0 Å². The molecular formula is C15H26O3. The molecule has 0 aromatic carbocycles. The third-order valence-corrected chi connectivity index (χ3v) is 3.52. The average molecular weight is 254 g/mol. The Hall–Kier alpha value is -0.860. The highest BCUT2D eigenvalue weighted by Gasteiger charge is 2.28. The van der Waals surface area contributed by atoms with Crippen molar-refractivity contribution in [2.24, 2.45) is 0 Å². The van der Waals surface area contributed by atoms with E-state index in [1.807, 2.05) is 0 Å². The van der Waals surface area contributed by atoms with Gasteiger partial charge in [0.1, 0.15) is 0 Å². The first-order valence-corrected chi connectivity index (χ1v) is 7.46. The number of hydrogen-bond acceptors (Lipinski definition) is 3. The molecule has 0 radical (unpaired) electrons. The second-order valence-corrected chi connectivity index (χ2v) is 5.21. The number of carbonyl (C=O) groups excluding carboxylic acids is 2. The Kier molecular flexibility index (Phi) is 7.70. The van der Waals surface area contributed by atoms with Crippen molar-refractivity contribution in [2.45, 2.75) is 83.7 Å². The maximum Gasteiger partial charge on any atom is 0.306 e. The Bertz CT molecular complexity index is 260. The summed E-state index contributed by atoms with van der Waals surface area (Å²) in [5.41, 5.74) is 0. The van der Waals surface area contributed by atoms with E-state index in [0.717, 1.165) is 12.8 Å². The van der Waals surface area contributed by atoms with Crippen LogP contribution < -0.4 is 0 Å². The van der Waals surface area contributed by atoms with E-state index in [9.17, 15) is 9.59 Å². The van der Waals surface area contributed by atoms with E-state index >= 15 is 0 Å².